The molecule has 0 aliphatic rings. The van der Waals surface area contributed by atoms with Gasteiger partial charge in [0.1, 0.15) is 4.90 Å². The second-order valence-electron chi connectivity index (χ2n) is 10.4. The average Bonchev–Trinajstić information content (AvgIpc) is 2.89. The van der Waals surface area contributed by atoms with Gasteiger partial charge in [-0.15, -0.1) is 0 Å². The molecule has 1 aromatic carbocycles. The molecule has 5 heteroatoms. The molecule has 0 aromatic heterocycles. The van der Waals surface area contributed by atoms with Crippen LogP contribution in [0.4, 0.5) is 0 Å². The highest BCUT2D eigenvalue weighted by Crippen LogP contribution is 2.15. The number of rotatable bonds is 23. The van der Waals surface area contributed by atoms with E-state index in [-0.39, 0.29) is 4.90 Å². The molecule has 0 aliphatic carbocycles. The zero-order valence-corrected chi connectivity index (χ0v) is 25.4. The van der Waals surface area contributed by atoms with Crippen LogP contribution in [0.15, 0.2) is 35.7 Å². The van der Waals surface area contributed by atoms with E-state index in [1.807, 2.05) is 0 Å². The van der Waals surface area contributed by atoms with Gasteiger partial charge in [-0.05, 0) is 50.5 Å². The lowest BCUT2D eigenvalue weighted by Gasteiger charge is -2.22. The van der Waals surface area contributed by atoms with Crippen molar-refractivity contribution in [2.75, 3.05) is 19.6 Å². The molecule has 216 valence electrons. The molecular weight excluding hydrogens is 478 g/mol. The minimum atomic E-state index is -4.12. The Labute approximate surface area is 231 Å². The van der Waals surface area contributed by atoms with Crippen molar-refractivity contribution in [3.05, 3.63) is 36.4 Å². The minimum absolute atomic E-state index is 0.111. The molecule has 1 N–H and O–H groups in total. The van der Waals surface area contributed by atoms with Crippen LogP contribution in [-0.4, -0.2) is 37.5 Å². The monoisotopic (exact) mass is 537 g/mol. The fraction of sp³-hybridized carbons (Fsp3) is 0.750. The van der Waals surface area contributed by atoms with Crippen LogP contribution in [0.1, 0.15) is 142 Å². The molecule has 0 spiro atoms. The van der Waals surface area contributed by atoms with E-state index in [1.54, 1.807) is 12.1 Å². The zero-order chi connectivity index (χ0) is 27.6. The van der Waals surface area contributed by atoms with Gasteiger partial charge in [-0.3, -0.25) is 4.55 Å². The van der Waals surface area contributed by atoms with Crippen LogP contribution in [0.3, 0.4) is 0 Å². The van der Waals surface area contributed by atoms with Crippen LogP contribution in [0.5, 0.6) is 0 Å². The van der Waals surface area contributed by atoms with Crippen LogP contribution in [-0.2, 0) is 10.1 Å². The molecule has 0 bridgehead atoms. The smallest absolute Gasteiger partial charge is 0.295 e. The van der Waals surface area contributed by atoms with E-state index >= 15 is 0 Å². The van der Waals surface area contributed by atoms with Crippen molar-refractivity contribution in [2.24, 2.45) is 0 Å². The zero-order valence-electron chi connectivity index (χ0n) is 24.6. The maximum atomic E-state index is 10.7. The third kappa shape index (κ3) is 21.5. The highest BCUT2D eigenvalue weighted by Gasteiger charge is 2.11. The Morgan fingerprint density at radius 3 is 1.32 bits per heavy atom. The summed E-state index contributed by atoms with van der Waals surface area (Å²) in [7, 11) is -4.12. The van der Waals surface area contributed by atoms with Crippen LogP contribution in [0, 0.1) is 0 Å². The average molecular weight is 538 g/mol. The van der Waals surface area contributed by atoms with Gasteiger partial charge in [0.2, 0.25) is 0 Å². The fourth-order valence-corrected chi connectivity index (χ4v) is 5.27. The van der Waals surface area contributed by atoms with Crippen molar-refractivity contribution in [1.29, 1.82) is 0 Å². The predicted molar refractivity (Wildman–Crippen MR) is 163 cm³/mol. The molecule has 0 saturated heterocycles. The number of hydrogen-bond donors (Lipinski definition) is 1. The third-order valence-corrected chi connectivity index (χ3v) is 7.83. The minimum Gasteiger partial charge on any atom is -0.303 e. The molecule has 1 rings (SSSR count). The molecule has 0 radical (unpaired) electrons. The molecular formula is C32H59NO3S. The van der Waals surface area contributed by atoms with Crippen molar-refractivity contribution in [3.8, 4) is 0 Å². The lowest BCUT2D eigenvalue weighted by Crippen LogP contribution is -2.27. The van der Waals surface area contributed by atoms with Gasteiger partial charge in [-0.2, -0.15) is 8.42 Å². The van der Waals surface area contributed by atoms with Crippen LogP contribution in [0.25, 0.3) is 6.08 Å². The standard InChI is InChI=1S/C24H51N.C8H8O3S/c1-4-7-10-13-16-19-22-25(23-20-17-14-11-8-5-2)24-21-18-15-12-9-6-3;1-2-7-5-3-4-6-8(7)12(9,10)11/h4-24H2,1-3H3;2-6H,1H2,(H,9,10,11). The molecule has 4 nitrogen and oxygen atoms in total. The largest absolute Gasteiger partial charge is 0.303 e. The van der Waals surface area contributed by atoms with Gasteiger partial charge in [0.15, 0.2) is 0 Å². The van der Waals surface area contributed by atoms with Gasteiger partial charge >= 0.3 is 0 Å². The number of benzene rings is 1. The van der Waals surface area contributed by atoms with E-state index in [2.05, 4.69) is 32.3 Å². The molecule has 1 aromatic rings. The maximum absolute atomic E-state index is 10.7. The van der Waals surface area contributed by atoms with Gasteiger partial charge in [0.05, 0.1) is 0 Å². The molecule has 0 unspecified atom stereocenters. The van der Waals surface area contributed by atoms with E-state index in [9.17, 15) is 8.42 Å². The first-order valence-corrected chi connectivity index (χ1v) is 16.8. The summed E-state index contributed by atoms with van der Waals surface area (Å²) in [6.07, 6.45) is 27.1. The molecule has 0 aliphatic heterocycles. The first-order chi connectivity index (χ1) is 17.9. The first kappa shape index (κ1) is 35.8. The Balaban J connectivity index is 0.000000893. The van der Waals surface area contributed by atoms with E-state index in [0.717, 1.165) is 0 Å². The van der Waals surface area contributed by atoms with Crippen LogP contribution < -0.4 is 0 Å². The Kier molecular flexibility index (Phi) is 24.3. The predicted octanol–water partition coefficient (Wildman–Crippen LogP) is 9.95. The topological polar surface area (TPSA) is 57.6 Å². The second-order valence-corrected chi connectivity index (χ2v) is 11.8. The summed E-state index contributed by atoms with van der Waals surface area (Å²) in [5, 5.41) is 0. The Morgan fingerprint density at radius 2 is 1.00 bits per heavy atom. The second kappa shape index (κ2) is 25.1. The number of unbranched alkanes of at least 4 members (excludes halogenated alkanes) is 15. The Morgan fingerprint density at radius 1 is 0.649 bits per heavy atom. The van der Waals surface area contributed by atoms with Gasteiger partial charge in [-0.25, -0.2) is 0 Å². The highest BCUT2D eigenvalue weighted by atomic mass is 32.2. The van der Waals surface area contributed by atoms with Gasteiger partial charge in [0.25, 0.3) is 10.1 Å². The summed E-state index contributed by atoms with van der Waals surface area (Å²) in [6, 6.07) is 6.10. The number of nitrogens with zero attached hydrogens (tertiary/aromatic N) is 1. The lowest BCUT2D eigenvalue weighted by molar-refractivity contribution is 0.254. The molecule has 0 amide bonds. The summed E-state index contributed by atoms with van der Waals surface area (Å²) in [6.45, 7) is 14.4. The highest BCUT2D eigenvalue weighted by molar-refractivity contribution is 7.85. The van der Waals surface area contributed by atoms with Crippen LogP contribution in [0.2, 0.25) is 0 Å². The normalized spacial score (nSPS) is 11.4. The van der Waals surface area contributed by atoms with E-state index in [4.69, 9.17) is 4.55 Å². The summed E-state index contributed by atoms with van der Waals surface area (Å²) in [4.78, 5) is 2.68. The third-order valence-electron chi connectivity index (χ3n) is 6.90. The summed E-state index contributed by atoms with van der Waals surface area (Å²) in [5.74, 6) is 0. The van der Waals surface area contributed by atoms with Crippen molar-refractivity contribution in [3.63, 3.8) is 0 Å². The molecule has 0 fully saturated rings. The summed E-state index contributed by atoms with van der Waals surface area (Å²) < 4.78 is 30.2. The lowest BCUT2D eigenvalue weighted by atomic mass is 10.1. The van der Waals surface area contributed by atoms with Crippen molar-refractivity contribution in [2.45, 2.75) is 141 Å². The molecule has 0 atom stereocenters. The Hall–Kier alpha value is -1.17. The molecule has 0 heterocycles. The summed E-state index contributed by atoms with van der Waals surface area (Å²) >= 11 is 0. The van der Waals surface area contributed by atoms with Crippen molar-refractivity contribution >= 4 is 16.2 Å². The SMILES string of the molecule is C=Cc1ccccc1S(=O)(=O)O.CCCCCCCCN(CCCCCCCC)CCCCCCCC. The number of hydrogen-bond acceptors (Lipinski definition) is 3. The first-order valence-electron chi connectivity index (χ1n) is 15.3. The van der Waals surface area contributed by atoms with E-state index in [0.29, 0.717) is 5.56 Å². The van der Waals surface area contributed by atoms with Crippen molar-refractivity contribution in [1.82, 2.24) is 4.90 Å². The van der Waals surface area contributed by atoms with Crippen molar-refractivity contribution < 1.29 is 13.0 Å². The van der Waals surface area contributed by atoms with E-state index < -0.39 is 10.1 Å². The summed E-state index contributed by atoms with van der Waals surface area (Å²) in [5.41, 5.74) is 0.403. The van der Waals surface area contributed by atoms with Crippen LogP contribution >= 0.6 is 0 Å². The van der Waals surface area contributed by atoms with Gasteiger partial charge in [-0.1, -0.05) is 148 Å². The van der Waals surface area contributed by atoms with Gasteiger partial charge in [0, 0.05) is 0 Å². The maximum Gasteiger partial charge on any atom is 0.295 e. The Bertz CT molecular complexity index is 710. The fourth-order valence-electron chi connectivity index (χ4n) is 4.57. The molecule has 37 heavy (non-hydrogen) atoms. The molecule has 0 saturated carbocycles. The quantitative estimate of drug-likeness (QED) is 0.111. The van der Waals surface area contributed by atoms with E-state index in [1.165, 1.54) is 153 Å². The van der Waals surface area contributed by atoms with Gasteiger partial charge < -0.3 is 4.90 Å².